The first-order valence-corrected chi connectivity index (χ1v) is 8.64. The number of hydrogen-bond acceptors (Lipinski definition) is 3. The van der Waals surface area contributed by atoms with Crippen molar-refractivity contribution in [2.24, 2.45) is 23.0 Å². The Morgan fingerprint density at radius 2 is 1.78 bits per heavy atom. The first-order chi connectivity index (χ1) is 8.10. The highest BCUT2D eigenvalue weighted by Gasteiger charge is 2.42. The van der Waals surface area contributed by atoms with Crippen LogP contribution < -0.4 is 5.73 Å². The zero-order valence-corrected chi connectivity index (χ0v) is 13.3. The second-order valence-corrected chi connectivity index (χ2v) is 9.77. The Hall–Kier alpha value is -0.0900. The molecule has 0 amide bonds. The average molecular weight is 275 g/mol. The van der Waals surface area contributed by atoms with E-state index in [4.69, 9.17) is 5.73 Å². The fourth-order valence-corrected chi connectivity index (χ4v) is 4.98. The van der Waals surface area contributed by atoms with Crippen molar-refractivity contribution in [3.8, 4) is 0 Å². The molecule has 4 heteroatoms. The van der Waals surface area contributed by atoms with Crippen LogP contribution in [0.2, 0.25) is 0 Å². The lowest BCUT2D eigenvalue weighted by Crippen LogP contribution is -2.44. The summed E-state index contributed by atoms with van der Waals surface area (Å²) in [7, 11) is -3.03. The Balaban J connectivity index is 2.98. The van der Waals surface area contributed by atoms with Crippen molar-refractivity contribution in [1.82, 2.24) is 0 Å². The molecule has 0 radical (unpaired) electrons. The summed E-state index contributed by atoms with van der Waals surface area (Å²) < 4.78 is 24.9. The van der Waals surface area contributed by atoms with Gasteiger partial charge in [0.1, 0.15) is 0 Å². The molecular weight excluding hydrogens is 246 g/mol. The normalized spacial score (nSPS) is 30.7. The van der Waals surface area contributed by atoms with Crippen molar-refractivity contribution in [1.29, 1.82) is 0 Å². The molecule has 3 unspecified atom stereocenters. The van der Waals surface area contributed by atoms with Crippen molar-refractivity contribution in [2.45, 2.75) is 64.4 Å². The van der Waals surface area contributed by atoms with Gasteiger partial charge in [-0.2, -0.15) is 0 Å². The molecule has 0 aromatic carbocycles. The summed E-state index contributed by atoms with van der Waals surface area (Å²) in [6.07, 6.45) is 2.84. The summed E-state index contributed by atoms with van der Waals surface area (Å²) in [5.74, 6) is 0.634. The Morgan fingerprint density at radius 1 is 1.22 bits per heavy atom. The van der Waals surface area contributed by atoms with E-state index in [0.717, 1.165) is 19.3 Å². The molecule has 1 fully saturated rings. The number of nitrogens with two attached hydrogens (primary N) is 1. The van der Waals surface area contributed by atoms with E-state index in [2.05, 4.69) is 20.8 Å². The molecule has 0 heterocycles. The van der Waals surface area contributed by atoms with Crippen LogP contribution in [0, 0.1) is 17.3 Å². The molecule has 2 N–H and O–H groups in total. The summed E-state index contributed by atoms with van der Waals surface area (Å²) in [4.78, 5) is 0. The molecule has 3 nitrogen and oxygen atoms in total. The maximum absolute atomic E-state index is 12.5. The summed E-state index contributed by atoms with van der Waals surface area (Å²) in [6, 6.07) is 0. The van der Waals surface area contributed by atoms with Crippen LogP contribution in [-0.2, 0) is 9.84 Å². The first kappa shape index (κ1) is 16.0. The van der Waals surface area contributed by atoms with Gasteiger partial charge in [-0.1, -0.05) is 20.8 Å². The molecule has 1 rings (SSSR count). The van der Waals surface area contributed by atoms with Gasteiger partial charge in [0.05, 0.1) is 10.5 Å². The SMILES string of the molecule is CC(C)S(=O)(=O)C1CC(C(C)(C)C)CCC1CN. The van der Waals surface area contributed by atoms with E-state index in [1.165, 1.54) is 0 Å². The smallest absolute Gasteiger partial charge is 0.155 e. The van der Waals surface area contributed by atoms with E-state index in [1.54, 1.807) is 13.8 Å². The molecular formula is C14H29NO2S. The van der Waals surface area contributed by atoms with Gasteiger partial charge in [-0.15, -0.1) is 0 Å². The van der Waals surface area contributed by atoms with Crippen molar-refractivity contribution in [2.75, 3.05) is 6.54 Å². The number of sulfone groups is 1. The van der Waals surface area contributed by atoms with Crippen LogP contribution in [0.1, 0.15) is 53.9 Å². The minimum atomic E-state index is -3.03. The molecule has 0 aromatic heterocycles. The van der Waals surface area contributed by atoms with Gasteiger partial charge in [-0.05, 0) is 56.9 Å². The van der Waals surface area contributed by atoms with Crippen molar-refractivity contribution in [3.63, 3.8) is 0 Å². The molecule has 1 aliphatic carbocycles. The second-order valence-electron chi connectivity index (χ2n) is 7.05. The zero-order chi connectivity index (χ0) is 14.1. The number of hydrogen-bond donors (Lipinski definition) is 1. The van der Waals surface area contributed by atoms with Crippen LogP contribution in [0.15, 0.2) is 0 Å². The van der Waals surface area contributed by atoms with Crippen molar-refractivity contribution < 1.29 is 8.42 Å². The van der Waals surface area contributed by atoms with Crippen LogP contribution >= 0.6 is 0 Å². The largest absolute Gasteiger partial charge is 0.330 e. The summed E-state index contributed by atoms with van der Waals surface area (Å²) in [5, 5.41) is -0.532. The molecule has 1 aliphatic rings. The van der Waals surface area contributed by atoms with Gasteiger partial charge in [0, 0.05) is 0 Å². The standard InChI is InChI=1S/C14H29NO2S/c1-10(2)18(16,17)13-8-12(14(3,4)5)7-6-11(13)9-15/h10-13H,6-9,15H2,1-5H3. The lowest BCUT2D eigenvalue weighted by molar-refractivity contribution is 0.154. The van der Waals surface area contributed by atoms with Crippen LogP contribution in [0.3, 0.4) is 0 Å². The highest BCUT2D eigenvalue weighted by molar-refractivity contribution is 7.92. The summed E-state index contributed by atoms with van der Waals surface area (Å²) in [5.41, 5.74) is 5.97. The fraction of sp³-hybridized carbons (Fsp3) is 1.00. The van der Waals surface area contributed by atoms with Gasteiger partial charge < -0.3 is 5.73 Å². The van der Waals surface area contributed by atoms with Gasteiger partial charge >= 0.3 is 0 Å². The van der Waals surface area contributed by atoms with Crippen molar-refractivity contribution >= 4 is 9.84 Å². The Labute approximate surface area is 112 Å². The second kappa shape index (κ2) is 5.49. The molecule has 108 valence electrons. The molecule has 0 saturated heterocycles. The van der Waals surface area contributed by atoms with Gasteiger partial charge in [-0.25, -0.2) is 8.42 Å². The van der Waals surface area contributed by atoms with E-state index in [-0.39, 0.29) is 21.8 Å². The molecule has 18 heavy (non-hydrogen) atoms. The third kappa shape index (κ3) is 3.27. The quantitative estimate of drug-likeness (QED) is 0.861. The molecule has 0 aliphatic heterocycles. The minimum absolute atomic E-state index is 0.149. The highest BCUT2D eigenvalue weighted by atomic mass is 32.2. The minimum Gasteiger partial charge on any atom is -0.330 e. The predicted octanol–water partition coefficient (Wildman–Crippen LogP) is 2.60. The monoisotopic (exact) mass is 275 g/mol. The Bertz CT molecular complexity index is 368. The van der Waals surface area contributed by atoms with E-state index >= 15 is 0 Å². The van der Waals surface area contributed by atoms with Crippen LogP contribution in [0.5, 0.6) is 0 Å². The van der Waals surface area contributed by atoms with E-state index in [0.29, 0.717) is 12.5 Å². The molecule has 0 bridgehead atoms. The molecule has 0 aromatic rings. The Morgan fingerprint density at radius 3 is 2.17 bits per heavy atom. The molecule has 1 saturated carbocycles. The molecule has 0 spiro atoms. The number of rotatable bonds is 3. The zero-order valence-electron chi connectivity index (χ0n) is 12.4. The topological polar surface area (TPSA) is 60.2 Å². The van der Waals surface area contributed by atoms with Gasteiger partial charge in [0.15, 0.2) is 9.84 Å². The first-order valence-electron chi connectivity index (χ1n) is 7.03. The van der Waals surface area contributed by atoms with E-state index < -0.39 is 9.84 Å². The highest BCUT2D eigenvalue weighted by Crippen LogP contribution is 2.42. The van der Waals surface area contributed by atoms with E-state index in [9.17, 15) is 8.42 Å². The molecule has 3 atom stereocenters. The third-order valence-electron chi connectivity index (χ3n) is 4.54. The maximum atomic E-state index is 12.5. The van der Waals surface area contributed by atoms with Crippen LogP contribution in [0.4, 0.5) is 0 Å². The maximum Gasteiger partial charge on any atom is 0.155 e. The third-order valence-corrected chi connectivity index (χ3v) is 7.27. The van der Waals surface area contributed by atoms with Gasteiger partial charge in [-0.3, -0.25) is 0 Å². The van der Waals surface area contributed by atoms with Gasteiger partial charge in [0.2, 0.25) is 0 Å². The van der Waals surface area contributed by atoms with Crippen molar-refractivity contribution in [3.05, 3.63) is 0 Å². The lowest BCUT2D eigenvalue weighted by Gasteiger charge is -2.41. The fourth-order valence-electron chi connectivity index (χ4n) is 3.00. The Kier molecular flexibility index (Phi) is 4.87. The van der Waals surface area contributed by atoms with Crippen LogP contribution in [0.25, 0.3) is 0 Å². The predicted molar refractivity (Wildman–Crippen MR) is 77.2 cm³/mol. The summed E-state index contributed by atoms with van der Waals surface area (Å²) in [6.45, 7) is 10.7. The van der Waals surface area contributed by atoms with Crippen LogP contribution in [-0.4, -0.2) is 25.5 Å². The van der Waals surface area contributed by atoms with Gasteiger partial charge in [0.25, 0.3) is 0 Å². The lowest BCUT2D eigenvalue weighted by atomic mass is 9.69. The van der Waals surface area contributed by atoms with E-state index in [1.807, 2.05) is 0 Å². The average Bonchev–Trinajstić information content (AvgIpc) is 2.26. The summed E-state index contributed by atoms with van der Waals surface area (Å²) >= 11 is 0.